The van der Waals surface area contributed by atoms with Crippen LogP contribution in [0, 0.1) is 0 Å². The molecule has 23 heavy (non-hydrogen) atoms. The number of nitrogens with one attached hydrogen (secondary N) is 1. The molecule has 2 saturated heterocycles. The SMILES string of the molecule is NC[C@H]1CC[C@@H](C(=O)NC2CCCN(Cc3ccccc3)C2)O1. The molecule has 1 aromatic rings. The standard InChI is InChI=1S/C18H27N3O2/c19-11-16-8-9-17(23-16)18(22)20-15-7-4-10-21(13-15)12-14-5-2-1-3-6-14/h1-3,5-6,15-17H,4,7-13,19H2,(H,20,22)/t15?,16-,17+/m1/s1. The Bertz CT molecular complexity index is 508. The van der Waals surface area contributed by atoms with E-state index in [1.54, 1.807) is 0 Å². The Morgan fingerprint density at radius 1 is 1.26 bits per heavy atom. The van der Waals surface area contributed by atoms with Crippen LogP contribution in [0.15, 0.2) is 30.3 Å². The predicted molar refractivity (Wildman–Crippen MR) is 89.8 cm³/mol. The van der Waals surface area contributed by atoms with Crippen LogP contribution in [0.4, 0.5) is 0 Å². The van der Waals surface area contributed by atoms with Crippen LogP contribution in [-0.4, -0.2) is 48.7 Å². The predicted octanol–water partition coefficient (Wildman–Crippen LogP) is 1.27. The van der Waals surface area contributed by atoms with Gasteiger partial charge in [0.2, 0.25) is 5.91 Å². The molecule has 0 aliphatic carbocycles. The van der Waals surface area contributed by atoms with Crippen LogP contribution < -0.4 is 11.1 Å². The molecule has 0 spiro atoms. The molecule has 3 atom stereocenters. The van der Waals surface area contributed by atoms with E-state index in [0.717, 1.165) is 45.3 Å². The number of piperidine rings is 1. The van der Waals surface area contributed by atoms with Crippen molar-refractivity contribution in [2.24, 2.45) is 5.73 Å². The first-order valence-corrected chi connectivity index (χ1v) is 8.67. The summed E-state index contributed by atoms with van der Waals surface area (Å²) in [5.74, 6) is 0.0347. The van der Waals surface area contributed by atoms with Crippen LogP contribution >= 0.6 is 0 Å². The molecular weight excluding hydrogens is 290 g/mol. The van der Waals surface area contributed by atoms with Gasteiger partial charge in [-0.25, -0.2) is 0 Å². The fourth-order valence-electron chi connectivity index (χ4n) is 3.52. The van der Waals surface area contributed by atoms with Gasteiger partial charge in [-0.1, -0.05) is 30.3 Å². The lowest BCUT2D eigenvalue weighted by Crippen LogP contribution is -2.50. The highest BCUT2D eigenvalue weighted by Crippen LogP contribution is 2.20. The number of rotatable bonds is 5. The van der Waals surface area contributed by atoms with Gasteiger partial charge in [-0.3, -0.25) is 9.69 Å². The summed E-state index contributed by atoms with van der Waals surface area (Å²) in [4.78, 5) is 14.8. The minimum atomic E-state index is -0.312. The largest absolute Gasteiger partial charge is 0.364 e. The summed E-state index contributed by atoms with van der Waals surface area (Å²) in [5, 5.41) is 3.17. The second-order valence-corrected chi connectivity index (χ2v) is 6.63. The summed E-state index contributed by atoms with van der Waals surface area (Å²) in [7, 11) is 0. The van der Waals surface area contributed by atoms with Gasteiger partial charge in [-0.05, 0) is 37.8 Å². The number of hydrogen-bond donors (Lipinski definition) is 2. The molecule has 126 valence electrons. The summed E-state index contributed by atoms with van der Waals surface area (Å²) in [5.41, 5.74) is 6.93. The molecule has 5 heteroatoms. The molecule has 2 aliphatic rings. The summed E-state index contributed by atoms with van der Waals surface area (Å²) in [6.45, 7) is 3.45. The third-order valence-corrected chi connectivity index (χ3v) is 4.76. The van der Waals surface area contributed by atoms with Crippen LogP contribution in [0.3, 0.4) is 0 Å². The highest BCUT2D eigenvalue weighted by Gasteiger charge is 2.31. The highest BCUT2D eigenvalue weighted by atomic mass is 16.5. The molecule has 2 aliphatic heterocycles. The van der Waals surface area contributed by atoms with Gasteiger partial charge in [0.25, 0.3) is 0 Å². The molecular formula is C18H27N3O2. The van der Waals surface area contributed by atoms with Gasteiger partial charge in [0.1, 0.15) is 6.10 Å². The van der Waals surface area contributed by atoms with Crippen molar-refractivity contribution in [1.82, 2.24) is 10.2 Å². The quantitative estimate of drug-likeness (QED) is 0.858. The number of likely N-dealkylation sites (tertiary alicyclic amines) is 1. The lowest BCUT2D eigenvalue weighted by molar-refractivity contribution is -0.133. The van der Waals surface area contributed by atoms with Crippen LogP contribution in [0.5, 0.6) is 0 Å². The lowest BCUT2D eigenvalue weighted by atomic mass is 10.0. The van der Waals surface area contributed by atoms with Crippen molar-refractivity contribution >= 4 is 5.91 Å². The normalized spacial score (nSPS) is 28.7. The van der Waals surface area contributed by atoms with E-state index < -0.39 is 0 Å². The Morgan fingerprint density at radius 3 is 2.83 bits per heavy atom. The molecule has 5 nitrogen and oxygen atoms in total. The van der Waals surface area contributed by atoms with Gasteiger partial charge >= 0.3 is 0 Å². The number of nitrogens with two attached hydrogens (primary N) is 1. The third-order valence-electron chi connectivity index (χ3n) is 4.76. The van der Waals surface area contributed by atoms with E-state index in [1.807, 2.05) is 6.07 Å². The molecule has 1 unspecified atom stereocenters. The van der Waals surface area contributed by atoms with E-state index in [9.17, 15) is 4.79 Å². The smallest absolute Gasteiger partial charge is 0.249 e. The number of hydrogen-bond acceptors (Lipinski definition) is 4. The Kier molecular flexibility index (Phi) is 5.65. The van der Waals surface area contributed by atoms with Crippen LogP contribution in [0.2, 0.25) is 0 Å². The first kappa shape index (κ1) is 16.4. The van der Waals surface area contributed by atoms with Crippen molar-refractivity contribution in [3.63, 3.8) is 0 Å². The molecule has 0 radical (unpaired) electrons. The van der Waals surface area contributed by atoms with Crippen molar-refractivity contribution in [2.45, 2.75) is 50.5 Å². The van der Waals surface area contributed by atoms with Gasteiger partial charge in [-0.15, -0.1) is 0 Å². The minimum absolute atomic E-state index is 0.0347. The zero-order valence-electron chi connectivity index (χ0n) is 13.6. The van der Waals surface area contributed by atoms with Gasteiger partial charge in [-0.2, -0.15) is 0 Å². The van der Waals surface area contributed by atoms with E-state index in [2.05, 4.69) is 34.5 Å². The minimum Gasteiger partial charge on any atom is -0.364 e. The second kappa shape index (κ2) is 7.90. The Hall–Kier alpha value is -1.43. The molecule has 1 aromatic carbocycles. The maximum atomic E-state index is 12.3. The number of carbonyl (C=O) groups is 1. The average molecular weight is 317 g/mol. The Labute approximate surface area is 138 Å². The number of nitrogens with zero attached hydrogens (tertiary/aromatic N) is 1. The highest BCUT2D eigenvalue weighted by molar-refractivity contribution is 5.81. The van der Waals surface area contributed by atoms with Gasteiger partial charge < -0.3 is 15.8 Å². The van der Waals surface area contributed by atoms with Crippen molar-refractivity contribution in [2.75, 3.05) is 19.6 Å². The maximum absolute atomic E-state index is 12.3. The molecule has 3 rings (SSSR count). The van der Waals surface area contributed by atoms with E-state index in [4.69, 9.17) is 10.5 Å². The summed E-state index contributed by atoms with van der Waals surface area (Å²) in [6.07, 6.45) is 3.58. The molecule has 3 N–H and O–H groups in total. The average Bonchev–Trinajstić information content (AvgIpc) is 3.05. The Morgan fingerprint density at radius 2 is 2.09 bits per heavy atom. The molecule has 0 aromatic heterocycles. The number of carbonyl (C=O) groups excluding carboxylic acids is 1. The van der Waals surface area contributed by atoms with E-state index in [1.165, 1.54) is 5.56 Å². The van der Waals surface area contributed by atoms with Crippen LogP contribution in [0.25, 0.3) is 0 Å². The van der Waals surface area contributed by atoms with Crippen LogP contribution in [-0.2, 0) is 16.1 Å². The zero-order chi connectivity index (χ0) is 16.1. The van der Waals surface area contributed by atoms with Gasteiger partial charge in [0.15, 0.2) is 0 Å². The Balaban J connectivity index is 1.48. The topological polar surface area (TPSA) is 67.6 Å². The molecule has 2 heterocycles. The second-order valence-electron chi connectivity index (χ2n) is 6.63. The first-order valence-electron chi connectivity index (χ1n) is 8.67. The maximum Gasteiger partial charge on any atom is 0.249 e. The van der Waals surface area contributed by atoms with Crippen molar-refractivity contribution < 1.29 is 9.53 Å². The van der Waals surface area contributed by atoms with Crippen molar-refractivity contribution in [1.29, 1.82) is 0 Å². The summed E-state index contributed by atoms with van der Waals surface area (Å²) < 4.78 is 5.69. The van der Waals surface area contributed by atoms with E-state index in [0.29, 0.717) is 6.54 Å². The molecule has 2 fully saturated rings. The summed E-state index contributed by atoms with van der Waals surface area (Å²) >= 11 is 0. The van der Waals surface area contributed by atoms with Gasteiger partial charge in [0.05, 0.1) is 6.10 Å². The monoisotopic (exact) mass is 317 g/mol. The zero-order valence-corrected chi connectivity index (χ0v) is 13.6. The lowest BCUT2D eigenvalue weighted by Gasteiger charge is -2.33. The molecule has 1 amide bonds. The number of benzene rings is 1. The summed E-state index contributed by atoms with van der Waals surface area (Å²) in [6, 6.07) is 10.7. The van der Waals surface area contributed by atoms with E-state index >= 15 is 0 Å². The fraction of sp³-hybridized carbons (Fsp3) is 0.611. The van der Waals surface area contributed by atoms with Crippen molar-refractivity contribution in [3.05, 3.63) is 35.9 Å². The number of ether oxygens (including phenoxy) is 1. The first-order chi connectivity index (χ1) is 11.2. The molecule has 0 saturated carbocycles. The van der Waals surface area contributed by atoms with E-state index in [-0.39, 0.29) is 24.2 Å². The number of amides is 1. The third kappa shape index (κ3) is 4.53. The van der Waals surface area contributed by atoms with Crippen molar-refractivity contribution in [3.8, 4) is 0 Å². The van der Waals surface area contributed by atoms with Crippen LogP contribution in [0.1, 0.15) is 31.2 Å². The fourth-order valence-corrected chi connectivity index (χ4v) is 3.52. The van der Waals surface area contributed by atoms with Gasteiger partial charge in [0, 0.05) is 25.7 Å². The molecule has 0 bridgehead atoms.